The van der Waals surface area contributed by atoms with Crippen LogP contribution in [0.15, 0.2) is 23.3 Å². The molecule has 7 heteroatoms. The molecule has 0 saturated heterocycles. The SMILES string of the molecule is CCN(CC)c1ccc(CNC(=NC)NCC(=O)NC(C)(C)C)cn1. The van der Waals surface area contributed by atoms with Gasteiger partial charge in [-0.2, -0.15) is 0 Å². The van der Waals surface area contributed by atoms with E-state index in [-0.39, 0.29) is 18.0 Å². The smallest absolute Gasteiger partial charge is 0.239 e. The van der Waals surface area contributed by atoms with E-state index >= 15 is 0 Å². The average Bonchev–Trinajstić information content (AvgIpc) is 2.55. The van der Waals surface area contributed by atoms with Crippen molar-refractivity contribution in [3.05, 3.63) is 23.9 Å². The minimum absolute atomic E-state index is 0.0688. The van der Waals surface area contributed by atoms with Crippen LogP contribution in [-0.2, 0) is 11.3 Å². The summed E-state index contributed by atoms with van der Waals surface area (Å²) in [6, 6.07) is 4.07. The van der Waals surface area contributed by atoms with E-state index in [0.29, 0.717) is 12.5 Å². The van der Waals surface area contributed by atoms with Crippen LogP contribution >= 0.6 is 0 Å². The summed E-state index contributed by atoms with van der Waals surface area (Å²) in [6.45, 7) is 12.7. The molecular weight excluding hydrogens is 316 g/mol. The van der Waals surface area contributed by atoms with Gasteiger partial charge in [-0.1, -0.05) is 6.07 Å². The number of nitrogens with zero attached hydrogens (tertiary/aromatic N) is 3. The first-order valence-electron chi connectivity index (χ1n) is 8.74. The number of aromatic nitrogens is 1. The number of rotatable bonds is 7. The number of pyridine rings is 1. The lowest BCUT2D eigenvalue weighted by molar-refractivity contribution is -0.121. The van der Waals surface area contributed by atoms with Crippen LogP contribution in [0.1, 0.15) is 40.2 Å². The molecule has 0 aromatic carbocycles. The normalized spacial score (nSPS) is 11.8. The number of anilines is 1. The van der Waals surface area contributed by atoms with Crippen molar-refractivity contribution in [2.24, 2.45) is 4.99 Å². The summed E-state index contributed by atoms with van der Waals surface area (Å²) in [5.41, 5.74) is 0.812. The molecule has 1 amide bonds. The van der Waals surface area contributed by atoms with E-state index in [2.05, 4.69) is 44.7 Å². The monoisotopic (exact) mass is 348 g/mol. The molecule has 25 heavy (non-hydrogen) atoms. The van der Waals surface area contributed by atoms with Gasteiger partial charge < -0.3 is 20.9 Å². The number of amides is 1. The van der Waals surface area contributed by atoms with E-state index in [4.69, 9.17) is 0 Å². The quantitative estimate of drug-likeness (QED) is 0.514. The highest BCUT2D eigenvalue weighted by atomic mass is 16.2. The number of hydrogen-bond donors (Lipinski definition) is 3. The Morgan fingerprint density at radius 3 is 2.36 bits per heavy atom. The van der Waals surface area contributed by atoms with E-state index in [0.717, 1.165) is 24.5 Å². The predicted octanol–water partition coefficient (Wildman–Crippen LogP) is 1.51. The molecule has 0 aliphatic rings. The maximum absolute atomic E-state index is 11.8. The fourth-order valence-electron chi connectivity index (χ4n) is 2.29. The Kier molecular flexibility index (Phi) is 8.18. The van der Waals surface area contributed by atoms with Crippen molar-refractivity contribution in [1.82, 2.24) is 20.9 Å². The van der Waals surface area contributed by atoms with Gasteiger partial charge in [-0.05, 0) is 46.2 Å². The highest BCUT2D eigenvalue weighted by Crippen LogP contribution is 2.10. The van der Waals surface area contributed by atoms with Gasteiger partial charge in [0.05, 0.1) is 6.54 Å². The Morgan fingerprint density at radius 1 is 1.20 bits per heavy atom. The zero-order valence-electron chi connectivity index (χ0n) is 16.3. The van der Waals surface area contributed by atoms with Crippen LogP contribution in [0, 0.1) is 0 Å². The highest BCUT2D eigenvalue weighted by molar-refractivity contribution is 5.86. The molecule has 0 fully saturated rings. The van der Waals surface area contributed by atoms with Gasteiger partial charge in [-0.25, -0.2) is 4.98 Å². The standard InChI is InChI=1S/C18H32N6O/c1-7-24(8-2)15-10-9-14(11-20-15)12-21-17(19-6)22-13-16(25)23-18(3,4)5/h9-11H,7-8,12-13H2,1-6H3,(H,23,25)(H2,19,21,22). The van der Waals surface area contributed by atoms with Gasteiger partial charge >= 0.3 is 0 Å². The van der Waals surface area contributed by atoms with Crippen LogP contribution in [-0.4, -0.2) is 49.1 Å². The molecule has 1 rings (SSSR count). The summed E-state index contributed by atoms with van der Waals surface area (Å²) in [5, 5.41) is 9.10. The first-order chi connectivity index (χ1) is 11.8. The predicted molar refractivity (Wildman–Crippen MR) is 104 cm³/mol. The lowest BCUT2D eigenvalue weighted by Crippen LogP contribution is -2.48. The Morgan fingerprint density at radius 2 is 1.88 bits per heavy atom. The van der Waals surface area contributed by atoms with Crippen LogP contribution < -0.4 is 20.9 Å². The molecule has 0 saturated carbocycles. The second kappa shape index (κ2) is 9.86. The fraction of sp³-hybridized carbons (Fsp3) is 0.611. The van der Waals surface area contributed by atoms with Gasteiger partial charge in [0.15, 0.2) is 5.96 Å². The van der Waals surface area contributed by atoms with Gasteiger partial charge in [0, 0.05) is 38.4 Å². The Hall–Kier alpha value is -2.31. The van der Waals surface area contributed by atoms with Crippen molar-refractivity contribution >= 4 is 17.7 Å². The third-order valence-corrected chi connectivity index (χ3v) is 3.51. The van der Waals surface area contributed by atoms with E-state index in [9.17, 15) is 4.79 Å². The summed E-state index contributed by atoms with van der Waals surface area (Å²) in [5.74, 6) is 1.49. The Labute approximate surface area is 151 Å². The summed E-state index contributed by atoms with van der Waals surface area (Å²) >= 11 is 0. The second-order valence-corrected chi connectivity index (χ2v) is 6.77. The van der Waals surface area contributed by atoms with Crippen molar-refractivity contribution in [2.45, 2.75) is 46.7 Å². The van der Waals surface area contributed by atoms with Gasteiger partial charge in [0.25, 0.3) is 0 Å². The molecule has 3 N–H and O–H groups in total. The van der Waals surface area contributed by atoms with E-state index < -0.39 is 0 Å². The zero-order valence-corrected chi connectivity index (χ0v) is 16.3. The molecule has 0 radical (unpaired) electrons. The Bertz CT molecular complexity index is 558. The third kappa shape index (κ3) is 7.87. The molecule has 0 bridgehead atoms. The van der Waals surface area contributed by atoms with Crippen LogP contribution in [0.4, 0.5) is 5.82 Å². The molecule has 1 aromatic rings. The van der Waals surface area contributed by atoms with Gasteiger partial charge in [0.2, 0.25) is 5.91 Å². The Balaban J connectivity index is 2.48. The number of nitrogens with one attached hydrogen (secondary N) is 3. The van der Waals surface area contributed by atoms with Gasteiger partial charge in [0.1, 0.15) is 5.82 Å². The molecular formula is C18H32N6O. The van der Waals surface area contributed by atoms with Crippen molar-refractivity contribution in [3.63, 3.8) is 0 Å². The van der Waals surface area contributed by atoms with Crippen molar-refractivity contribution < 1.29 is 4.79 Å². The molecule has 140 valence electrons. The molecule has 7 nitrogen and oxygen atoms in total. The first-order valence-corrected chi connectivity index (χ1v) is 8.74. The van der Waals surface area contributed by atoms with Crippen LogP contribution in [0.25, 0.3) is 0 Å². The fourth-order valence-corrected chi connectivity index (χ4v) is 2.29. The number of carbonyl (C=O) groups is 1. The molecule has 0 aliphatic carbocycles. The van der Waals surface area contributed by atoms with E-state index in [1.54, 1.807) is 7.05 Å². The minimum Gasteiger partial charge on any atom is -0.357 e. The summed E-state index contributed by atoms with van der Waals surface area (Å²) in [7, 11) is 1.68. The summed E-state index contributed by atoms with van der Waals surface area (Å²) in [6.07, 6.45) is 1.86. The molecule has 0 unspecified atom stereocenters. The molecule has 0 spiro atoms. The van der Waals surface area contributed by atoms with Gasteiger partial charge in [-0.15, -0.1) is 0 Å². The number of guanidine groups is 1. The zero-order chi connectivity index (χ0) is 18.9. The van der Waals surface area contributed by atoms with Gasteiger partial charge in [-0.3, -0.25) is 9.79 Å². The molecule has 0 atom stereocenters. The topological polar surface area (TPSA) is 81.6 Å². The van der Waals surface area contributed by atoms with Crippen LogP contribution in [0.2, 0.25) is 0 Å². The first kappa shape index (κ1) is 20.7. The molecule has 0 aliphatic heterocycles. The summed E-state index contributed by atoms with van der Waals surface area (Å²) < 4.78 is 0. The number of carbonyl (C=O) groups excluding carboxylic acids is 1. The minimum atomic E-state index is -0.242. The lowest BCUT2D eigenvalue weighted by atomic mass is 10.1. The van der Waals surface area contributed by atoms with E-state index in [1.165, 1.54) is 0 Å². The van der Waals surface area contributed by atoms with E-state index in [1.807, 2.05) is 39.1 Å². The maximum Gasteiger partial charge on any atom is 0.239 e. The third-order valence-electron chi connectivity index (χ3n) is 3.51. The van der Waals surface area contributed by atoms with Crippen LogP contribution in [0.3, 0.4) is 0 Å². The molecule has 1 aromatic heterocycles. The van der Waals surface area contributed by atoms with Crippen molar-refractivity contribution in [2.75, 3.05) is 31.6 Å². The summed E-state index contributed by atoms with van der Waals surface area (Å²) in [4.78, 5) is 22.7. The van der Waals surface area contributed by atoms with Crippen molar-refractivity contribution in [3.8, 4) is 0 Å². The maximum atomic E-state index is 11.8. The number of hydrogen-bond acceptors (Lipinski definition) is 4. The van der Waals surface area contributed by atoms with Crippen molar-refractivity contribution in [1.29, 1.82) is 0 Å². The largest absolute Gasteiger partial charge is 0.357 e. The highest BCUT2D eigenvalue weighted by Gasteiger charge is 2.13. The average molecular weight is 348 g/mol. The lowest BCUT2D eigenvalue weighted by Gasteiger charge is -2.21. The molecule has 1 heterocycles. The second-order valence-electron chi connectivity index (χ2n) is 6.77. The number of aliphatic imine (C=N–C) groups is 1. The van der Waals surface area contributed by atoms with Crippen LogP contribution in [0.5, 0.6) is 0 Å².